The molecule has 1 rings (SSSR count). The van der Waals surface area contributed by atoms with E-state index >= 15 is 0 Å². The molecule has 1 atom stereocenters. The lowest BCUT2D eigenvalue weighted by molar-refractivity contribution is -0.126. The molecule has 0 radical (unpaired) electrons. The number of amides is 2. The molecule has 2 amide bonds. The molecule has 0 aromatic carbocycles. The molecule has 0 aromatic heterocycles. The minimum atomic E-state index is -0.175. The Morgan fingerprint density at radius 3 is 2.85 bits per heavy atom. The SMILES string of the molecule is CNC(=O)CNC(=O)C1CCCN1. The van der Waals surface area contributed by atoms with E-state index in [1.807, 2.05) is 0 Å². The number of hydrogen-bond acceptors (Lipinski definition) is 3. The van der Waals surface area contributed by atoms with E-state index in [1.54, 1.807) is 7.05 Å². The van der Waals surface area contributed by atoms with Gasteiger partial charge in [-0.3, -0.25) is 9.59 Å². The first-order valence-electron chi connectivity index (χ1n) is 4.45. The molecule has 0 saturated carbocycles. The van der Waals surface area contributed by atoms with E-state index in [1.165, 1.54) is 0 Å². The van der Waals surface area contributed by atoms with Crippen LogP contribution in [0.4, 0.5) is 0 Å². The molecule has 1 unspecified atom stereocenters. The van der Waals surface area contributed by atoms with Crippen molar-refractivity contribution in [2.24, 2.45) is 0 Å². The van der Waals surface area contributed by atoms with Crippen LogP contribution >= 0.6 is 0 Å². The van der Waals surface area contributed by atoms with Crippen molar-refractivity contribution in [3.8, 4) is 0 Å². The number of hydrogen-bond donors (Lipinski definition) is 3. The molecule has 1 heterocycles. The molecule has 13 heavy (non-hydrogen) atoms. The largest absolute Gasteiger partial charge is 0.358 e. The third-order valence-corrected chi connectivity index (χ3v) is 2.08. The fourth-order valence-corrected chi connectivity index (χ4v) is 1.29. The van der Waals surface area contributed by atoms with Gasteiger partial charge in [0.2, 0.25) is 11.8 Å². The van der Waals surface area contributed by atoms with Crippen molar-refractivity contribution in [1.29, 1.82) is 0 Å². The summed E-state index contributed by atoms with van der Waals surface area (Å²) in [5, 5.41) is 8.05. The van der Waals surface area contributed by atoms with Crippen molar-refractivity contribution in [3.63, 3.8) is 0 Å². The van der Waals surface area contributed by atoms with Gasteiger partial charge < -0.3 is 16.0 Å². The van der Waals surface area contributed by atoms with Crippen molar-refractivity contribution in [1.82, 2.24) is 16.0 Å². The second kappa shape index (κ2) is 4.81. The van der Waals surface area contributed by atoms with E-state index in [4.69, 9.17) is 0 Å². The Labute approximate surface area is 77.3 Å². The molecule has 3 N–H and O–H groups in total. The van der Waals surface area contributed by atoms with Crippen LogP contribution in [0.3, 0.4) is 0 Å². The van der Waals surface area contributed by atoms with Crippen LogP contribution in [-0.4, -0.2) is 38.0 Å². The van der Waals surface area contributed by atoms with Gasteiger partial charge in [0.05, 0.1) is 12.6 Å². The Hall–Kier alpha value is -1.10. The van der Waals surface area contributed by atoms with Crippen LogP contribution in [0, 0.1) is 0 Å². The lowest BCUT2D eigenvalue weighted by Gasteiger charge is -2.09. The van der Waals surface area contributed by atoms with Gasteiger partial charge in [-0.15, -0.1) is 0 Å². The maximum atomic E-state index is 11.3. The van der Waals surface area contributed by atoms with Gasteiger partial charge in [-0.05, 0) is 19.4 Å². The number of rotatable bonds is 3. The van der Waals surface area contributed by atoms with E-state index in [2.05, 4.69) is 16.0 Å². The second-order valence-electron chi connectivity index (χ2n) is 3.04. The quantitative estimate of drug-likeness (QED) is 0.506. The zero-order chi connectivity index (χ0) is 9.68. The van der Waals surface area contributed by atoms with Crippen molar-refractivity contribution < 1.29 is 9.59 Å². The average molecular weight is 185 g/mol. The summed E-state index contributed by atoms with van der Waals surface area (Å²) in [6, 6.07) is -0.107. The van der Waals surface area contributed by atoms with E-state index in [9.17, 15) is 9.59 Å². The third kappa shape index (κ3) is 3.02. The molecule has 74 valence electrons. The molecule has 5 nitrogen and oxygen atoms in total. The summed E-state index contributed by atoms with van der Waals surface area (Å²) in [7, 11) is 1.54. The summed E-state index contributed by atoms with van der Waals surface area (Å²) in [5.74, 6) is -0.257. The molecule has 0 aliphatic carbocycles. The van der Waals surface area contributed by atoms with Crippen LogP contribution in [0.5, 0.6) is 0 Å². The molecule has 0 bridgehead atoms. The molecule has 5 heteroatoms. The van der Waals surface area contributed by atoms with Crippen molar-refractivity contribution in [3.05, 3.63) is 0 Å². The maximum absolute atomic E-state index is 11.3. The number of likely N-dealkylation sites (N-methyl/N-ethyl adjacent to an activating group) is 1. The first kappa shape index (κ1) is 9.98. The van der Waals surface area contributed by atoms with Gasteiger partial charge in [0.15, 0.2) is 0 Å². The lowest BCUT2D eigenvalue weighted by atomic mass is 10.2. The van der Waals surface area contributed by atoms with Gasteiger partial charge in [-0.2, -0.15) is 0 Å². The first-order chi connectivity index (χ1) is 6.24. The maximum Gasteiger partial charge on any atom is 0.239 e. The Morgan fingerprint density at radius 1 is 1.54 bits per heavy atom. The van der Waals surface area contributed by atoms with Crippen LogP contribution in [0.2, 0.25) is 0 Å². The van der Waals surface area contributed by atoms with Crippen LogP contribution in [0.25, 0.3) is 0 Å². The van der Waals surface area contributed by atoms with Gasteiger partial charge in [-0.1, -0.05) is 0 Å². The van der Waals surface area contributed by atoms with Crippen LogP contribution < -0.4 is 16.0 Å². The van der Waals surface area contributed by atoms with Gasteiger partial charge in [0.1, 0.15) is 0 Å². The van der Waals surface area contributed by atoms with Gasteiger partial charge in [0, 0.05) is 7.05 Å². The summed E-state index contributed by atoms with van der Waals surface area (Å²) in [6.45, 7) is 0.950. The van der Waals surface area contributed by atoms with Crippen LogP contribution in [0.1, 0.15) is 12.8 Å². The summed E-state index contributed by atoms with van der Waals surface area (Å²) < 4.78 is 0. The fourth-order valence-electron chi connectivity index (χ4n) is 1.29. The molecule has 1 saturated heterocycles. The normalized spacial score (nSPS) is 21.2. The van der Waals surface area contributed by atoms with Crippen molar-refractivity contribution in [2.75, 3.05) is 20.1 Å². The predicted molar refractivity (Wildman–Crippen MR) is 48.1 cm³/mol. The minimum Gasteiger partial charge on any atom is -0.358 e. The highest BCUT2D eigenvalue weighted by Crippen LogP contribution is 2.03. The number of nitrogens with one attached hydrogen (secondary N) is 3. The highest BCUT2D eigenvalue weighted by atomic mass is 16.2. The van der Waals surface area contributed by atoms with E-state index in [0.717, 1.165) is 19.4 Å². The molecular formula is C8H15N3O2. The van der Waals surface area contributed by atoms with E-state index in [0.29, 0.717) is 0 Å². The summed E-state index contributed by atoms with van der Waals surface area (Å²) in [4.78, 5) is 22.1. The van der Waals surface area contributed by atoms with Crippen molar-refractivity contribution in [2.45, 2.75) is 18.9 Å². The molecule has 0 aromatic rings. The smallest absolute Gasteiger partial charge is 0.239 e. The van der Waals surface area contributed by atoms with Gasteiger partial charge in [0.25, 0.3) is 0 Å². The topological polar surface area (TPSA) is 70.2 Å². The Morgan fingerprint density at radius 2 is 2.31 bits per heavy atom. The van der Waals surface area contributed by atoms with Crippen LogP contribution in [-0.2, 0) is 9.59 Å². The Balaban J connectivity index is 2.20. The number of carbonyl (C=O) groups excluding carboxylic acids is 2. The van der Waals surface area contributed by atoms with E-state index in [-0.39, 0.29) is 24.4 Å². The first-order valence-corrected chi connectivity index (χ1v) is 4.45. The van der Waals surface area contributed by atoms with Crippen molar-refractivity contribution >= 4 is 11.8 Å². The standard InChI is InChI=1S/C8H15N3O2/c1-9-7(12)5-11-8(13)6-3-2-4-10-6/h6,10H,2-5H2,1H3,(H,9,12)(H,11,13). The van der Waals surface area contributed by atoms with Gasteiger partial charge in [-0.25, -0.2) is 0 Å². The zero-order valence-electron chi connectivity index (χ0n) is 7.72. The highest BCUT2D eigenvalue weighted by Gasteiger charge is 2.21. The molecule has 1 fully saturated rings. The Bertz CT molecular complexity index is 200. The van der Waals surface area contributed by atoms with E-state index < -0.39 is 0 Å². The number of carbonyl (C=O) groups is 2. The monoisotopic (exact) mass is 185 g/mol. The average Bonchev–Trinajstić information content (AvgIpc) is 2.66. The second-order valence-corrected chi connectivity index (χ2v) is 3.04. The molecule has 0 spiro atoms. The summed E-state index contributed by atoms with van der Waals surface area (Å²) in [6.07, 6.45) is 1.89. The summed E-state index contributed by atoms with van der Waals surface area (Å²) >= 11 is 0. The van der Waals surface area contributed by atoms with Crippen LogP contribution in [0.15, 0.2) is 0 Å². The third-order valence-electron chi connectivity index (χ3n) is 2.08. The molecule has 1 aliphatic heterocycles. The summed E-state index contributed by atoms with van der Waals surface area (Å²) in [5.41, 5.74) is 0. The lowest BCUT2D eigenvalue weighted by Crippen LogP contribution is -2.44. The van der Waals surface area contributed by atoms with Gasteiger partial charge >= 0.3 is 0 Å². The zero-order valence-corrected chi connectivity index (χ0v) is 7.72. The fraction of sp³-hybridized carbons (Fsp3) is 0.750. The Kier molecular flexibility index (Phi) is 3.70. The highest BCUT2D eigenvalue weighted by molar-refractivity contribution is 5.87. The molecule has 1 aliphatic rings. The predicted octanol–water partition coefficient (Wildman–Crippen LogP) is -1.40. The molecular weight excluding hydrogens is 170 g/mol. The minimum absolute atomic E-state index is 0.0630.